The highest BCUT2D eigenvalue weighted by Crippen LogP contribution is 2.18. The summed E-state index contributed by atoms with van der Waals surface area (Å²) in [6.45, 7) is 1.85. The monoisotopic (exact) mass is 245 g/mol. The van der Waals surface area contributed by atoms with E-state index < -0.39 is 11.7 Å². The molecule has 5 heteroatoms. The third-order valence-electron chi connectivity index (χ3n) is 2.46. The number of carbonyl (C=O) groups is 1. The van der Waals surface area contributed by atoms with Crippen molar-refractivity contribution in [3.05, 3.63) is 52.5 Å². The first kappa shape index (κ1) is 11.9. The van der Waals surface area contributed by atoms with E-state index in [1.807, 2.05) is 6.92 Å². The molecule has 0 bridgehead atoms. The molecule has 92 valence electrons. The molecule has 0 saturated carbocycles. The number of rotatable bonds is 3. The van der Waals surface area contributed by atoms with Crippen molar-refractivity contribution >= 4 is 22.6 Å². The Morgan fingerprint density at radius 2 is 2.22 bits per heavy atom. The van der Waals surface area contributed by atoms with Crippen LogP contribution in [0.15, 0.2) is 45.6 Å². The highest BCUT2D eigenvalue weighted by atomic mass is 16.4. The second-order valence-electron chi connectivity index (χ2n) is 3.77. The molecule has 0 amide bonds. The van der Waals surface area contributed by atoms with Crippen molar-refractivity contribution in [2.24, 2.45) is 0 Å². The van der Waals surface area contributed by atoms with Crippen molar-refractivity contribution in [1.29, 1.82) is 0 Å². The average Bonchev–Trinajstić information content (AvgIpc) is 2.67. The number of oxazole rings is 1. The van der Waals surface area contributed by atoms with E-state index in [1.165, 1.54) is 6.08 Å². The van der Waals surface area contributed by atoms with Crippen molar-refractivity contribution in [3.63, 3.8) is 0 Å². The molecule has 0 atom stereocenters. The Morgan fingerprint density at radius 3 is 2.94 bits per heavy atom. The highest BCUT2D eigenvalue weighted by Gasteiger charge is 2.02. The van der Waals surface area contributed by atoms with Crippen molar-refractivity contribution in [3.8, 4) is 0 Å². The number of nitrogens with one attached hydrogen (secondary N) is 1. The fourth-order valence-corrected chi connectivity index (χ4v) is 1.57. The number of aromatic amines is 1. The minimum atomic E-state index is -0.992. The molecular formula is C13H11NO4. The number of allylic oxidation sites excluding steroid dienone is 3. The zero-order valence-corrected chi connectivity index (χ0v) is 9.64. The molecule has 0 aliphatic rings. The Bertz CT molecular complexity index is 703. The maximum Gasteiger partial charge on any atom is 0.417 e. The number of aliphatic carboxylic acids is 1. The van der Waals surface area contributed by atoms with Gasteiger partial charge < -0.3 is 9.52 Å². The molecule has 0 saturated heterocycles. The van der Waals surface area contributed by atoms with Gasteiger partial charge in [0.15, 0.2) is 5.58 Å². The van der Waals surface area contributed by atoms with E-state index in [0.29, 0.717) is 11.1 Å². The van der Waals surface area contributed by atoms with Gasteiger partial charge in [-0.3, -0.25) is 4.98 Å². The molecule has 1 aromatic heterocycles. The molecule has 0 aliphatic heterocycles. The van der Waals surface area contributed by atoms with Crippen LogP contribution in [0.3, 0.4) is 0 Å². The van der Waals surface area contributed by atoms with Gasteiger partial charge in [-0.05, 0) is 30.2 Å². The van der Waals surface area contributed by atoms with Gasteiger partial charge in [-0.1, -0.05) is 18.2 Å². The van der Waals surface area contributed by atoms with Gasteiger partial charge in [0, 0.05) is 6.08 Å². The summed E-state index contributed by atoms with van der Waals surface area (Å²) < 4.78 is 4.89. The van der Waals surface area contributed by atoms with Crippen LogP contribution in [-0.4, -0.2) is 16.1 Å². The average molecular weight is 245 g/mol. The van der Waals surface area contributed by atoms with Crippen LogP contribution in [0.5, 0.6) is 0 Å². The third kappa shape index (κ3) is 2.57. The van der Waals surface area contributed by atoms with Crippen LogP contribution in [0.25, 0.3) is 16.7 Å². The Morgan fingerprint density at radius 1 is 1.44 bits per heavy atom. The summed E-state index contributed by atoms with van der Waals surface area (Å²) in [4.78, 5) is 23.9. The lowest BCUT2D eigenvalue weighted by Crippen LogP contribution is -1.92. The number of carboxylic acid groups (broad SMARTS) is 1. The molecule has 0 radical (unpaired) electrons. The minimum absolute atomic E-state index is 0.491. The second-order valence-corrected chi connectivity index (χ2v) is 3.77. The third-order valence-corrected chi connectivity index (χ3v) is 2.46. The minimum Gasteiger partial charge on any atom is -0.478 e. The SMILES string of the molecule is C/C(=C\C=C\C(=O)O)c1ccc2oc(=O)[nH]c2c1. The summed E-state index contributed by atoms with van der Waals surface area (Å²) in [5.74, 6) is -1.48. The first-order valence-electron chi connectivity index (χ1n) is 5.27. The van der Waals surface area contributed by atoms with Gasteiger partial charge in [0.25, 0.3) is 0 Å². The molecule has 0 aliphatic carbocycles. The number of hydrogen-bond donors (Lipinski definition) is 2. The summed E-state index contributed by atoms with van der Waals surface area (Å²) in [5.41, 5.74) is 2.89. The van der Waals surface area contributed by atoms with E-state index in [0.717, 1.165) is 17.2 Å². The first-order valence-corrected chi connectivity index (χ1v) is 5.27. The summed E-state index contributed by atoms with van der Waals surface area (Å²) in [5, 5.41) is 8.47. The molecule has 2 rings (SSSR count). The normalized spacial score (nSPS) is 12.4. The summed E-state index contributed by atoms with van der Waals surface area (Å²) in [6.07, 6.45) is 4.20. The largest absolute Gasteiger partial charge is 0.478 e. The van der Waals surface area contributed by atoms with Gasteiger partial charge in [-0.25, -0.2) is 9.59 Å². The van der Waals surface area contributed by atoms with Crippen LogP contribution in [0.1, 0.15) is 12.5 Å². The second kappa shape index (κ2) is 4.75. The number of fused-ring (bicyclic) bond motifs is 1. The molecule has 1 heterocycles. The van der Waals surface area contributed by atoms with Crippen molar-refractivity contribution in [2.45, 2.75) is 6.92 Å². The molecule has 0 fully saturated rings. The van der Waals surface area contributed by atoms with E-state index >= 15 is 0 Å². The molecular weight excluding hydrogens is 234 g/mol. The quantitative estimate of drug-likeness (QED) is 0.641. The Hall–Kier alpha value is -2.56. The highest BCUT2D eigenvalue weighted by molar-refractivity contribution is 5.82. The first-order chi connectivity index (χ1) is 8.56. The molecule has 18 heavy (non-hydrogen) atoms. The van der Waals surface area contributed by atoms with E-state index in [9.17, 15) is 9.59 Å². The van der Waals surface area contributed by atoms with Gasteiger partial charge in [-0.15, -0.1) is 0 Å². The fourth-order valence-electron chi connectivity index (χ4n) is 1.57. The molecule has 2 aromatic rings. The van der Waals surface area contributed by atoms with Crippen LogP contribution in [-0.2, 0) is 4.79 Å². The number of aromatic nitrogens is 1. The summed E-state index contributed by atoms with van der Waals surface area (Å²) >= 11 is 0. The molecule has 1 aromatic carbocycles. The Kier molecular flexibility index (Phi) is 3.14. The number of hydrogen-bond acceptors (Lipinski definition) is 3. The van der Waals surface area contributed by atoms with Crippen LogP contribution >= 0.6 is 0 Å². The maximum atomic E-state index is 11.0. The zero-order valence-electron chi connectivity index (χ0n) is 9.64. The van der Waals surface area contributed by atoms with Gasteiger partial charge >= 0.3 is 11.7 Å². The van der Waals surface area contributed by atoms with Crippen LogP contribution in [0, 0.1) is 0 Å². The zero-order chi connectivity index (χ0) is 13.1. The fraction of sp³-hybridized carbons (Fsp3) is 0.0769. The maximum absolute atomic E-state index is 11.0. The lowest BCUT2D eigenvalue weighted by Gasteiger charge is -1.99. The lowest BCUT2D eigenvalue weighted by molar-refractivity contribution is -0.131. The van der Waals surface area contributed by atoms with Crippen LogP contribution < -0.4 is 5.76 Å². The van der Waals surface area contributed by atoms with Crippen molar-refractivity contribution < 1.29 is 14.3 Å². The Balaban J connectivity index is 2.35. The van der Waals surface area contributed by atoms with Gasteiger partial charge in [-0.2, -0.15) is 0 Å². The van der Waals surface area contributed by atoms with Gasteiger partial charge in [0.05, 0.1) is 5.52 Å². The van der Waals surface area contributed by atoms with Crippen molar-refractivity contribution in [1.82, 2.24) is 4.98 Å². The topological polar surface area (TPSA) is 83.3 Å². The van der Waals surface area contributed by atoms with E-state index in [4.69, 9.17) is 9.52 Å². The van der Waals surface area contributed by atoms with Crippen LogP contribution in [0.4, 0.5) is 0 Å². The molecule has 2 N–H and O–H groups in total. The predicted octanol–water partition coefficient (Wildman–Crippen LogP) is 2.17. The molecule has 0 spiro atoms. The number of H-pyrrole nitrogens is 1. The van der Waals surface area contributed by atoms with E-state index in [-0.39, 0.29) is 0 Å². The van der Waals surface area contributed by atoms with Crippen molar-refractivity contribution in [2.75, 3.05) is 0 Å². The number of benzene rings is 1. The smallest absolute Gasteiger partial charge is 0.417 e. The van der Waals surface area contributed by atoms with E-state index in [1.54, 1.807) is 24.3 Å². The summed E-state index contributed by atoms with van der Waals surface area (Å²) in [7, 11) is 0. The van der Waals surface area contributed by atoms with Gasteiger partial charge in [0.1, 0.15) is 0 Å². The molecule has 5 nitrogen and oxygen atoms in total. The van der Waals surface area contributed by atoms with Crippen LogP contribution in [0.2, 0.25) is 0 Å². The summed E-state index contributed by atoms with van der Waals surface area (Å²) in [6, 6.07) is 5.28. The lowest BCUT2D eigenvalue weighted by atomic mass is 10.1. The Labute approximate surface area is 102 Å². The number of carboxylic acids is 1. The standard InChI is InChI=1S/C13H11NO4/c1-8(3-2-4-12(15)16)9-5-6-11-10(7-9)14-13(17)18-11/h2-7H,1H3,(H,14,17)(H,15,16)/b4-2+,8-3+. The molecule has 0 unspecified atom stereocenters. The predicted molar refractivity (Wildman–Crippen MR) is 67.3 cm³/mol. The van der Waals surface area contributed by atoms with Gasteiger partial charge in [0.2, 0.25) is 0 Å². The van der Waals surface area contributed by atoms with E-state index in [2.05, 4.69) is 4.98 Å².